The maximum atomic E-state index is 11.7. The number of nitrogens with zero attached hydrogens (tertiary/aromatic N) is 2. The molecule has 0 atom stereocenters. The van der Waals surface area contributed by atoms with Gasteiger partial charge in [-0.3, -0.25) is 4.68 Å². The van der Waals surface area contributed by atoms with Gasteiger partial charge in [-0.15, -0.1) is 0 Å². The van der Waals surface area contributed by atoms with Crippen molar-refractivity contribution in [3.05, 3.63) is 47.3 Å². The minimum atomic E-state index is -0.490. The molecule has 0 radical (unpaired) electrons. The molecule has 112 valence electrons. The second-order valence-electron chi connectivity index (χ2n) is 4.60. The SMILES string of the molecule is COC(=O)c1c(N)c(C)nn1CCOCc1ccccc1. The lowest BCUT2D eigenvalue weighted by Crippen LogP contribution is -2.16. The Labute approximate surface area is 123 Å². The summed E-state index contributed by atoms with van der Waals surface area (Å²) in [5.41, 5.74) is 8.19. The van der Waals surface area contributed by atoms with Gasteiger partial charge in [-0.05, 0) is 12.5 Å². The van der Waals surface area contributed by atoms with E-state index in [2.05, 4.69) is 5.10 Å². The standard InChI is InChI=1S/C15H19N3O3/c1-11-13(16)14(15(19)20-2)18(17-11)8-9-21-10-12-6-4-3-5-7-12/h3-7H,8-10,16H2,1-2H3. The van der Waals surface area contributed by atoms with Gasteiger partial charge in [0, 0.05) is 0 Å². The second kappa shape index (κ2) is 6.90. The van der Waals surface area contributed by atoms with Gasteiger partial charge in [0.25, 0.3) is 0 Å². The van der Waals surface area contributed by atoms with E-state index in [9.17, 15) is 4.79 Å². The number of benzene rings is 1. The molecule has 1 heterocycles. The molecule has 1 aromatic heterocycles. The number of aryl methyl sites for hydroxylation is 1. The van der Waals surface area contributed by atoms with Crippen molar-refractivity contribution in [2.45, 2.75) is 20.1 Å². The van der Waals surface area contributed by atoms with Crippen LogP contribution < -0.4 is 5.73 Å². The molecule has 0 aliphatic rings. The monoisotopic (exact) mass is 289 g/mol. The minimum absolute atomic E-state index is 0.276. The summed E-state index contributed by atoms with van der Waals surface area (Å²) in [7, 11) is 1.32. The molecule has 0 unspecified atom stereocenters. The third kappa shape index (κ3) is 3.61. The van der Waals surface area contributed by atoms with Crippen LogP contribution in [-0.4, -0.2) is 29.5 Å². The Hall–Kier alpha value is -2.34. The first-order valence-corrected chi connectivity index (χ1v) is 6.66. The summed E-state index contributed by atoms with van der Waals surface area (Å²) in [6, 6.07) is 9.88. The smallest absolute Gasteiger partial charge is 0.358 e. The molecule has 6 nitrogen and oxygen atoms in total. The number of carbonyl (C=O) groups is 1. The van der Waals surface area contributed by atoms with E-state index in [0.29, 0.717) is 31.1 Å². The normalized spacial score (nSPS) is 10.6. The average molecular weight is 289 g/mol. The summed E-state index contributed by atoms with van der Waals surface area (Å²) >= 11 is 0. The lowest BCUT2D eigenvalue weighted by molar-refractivity contribution is 0.0581. The zero-order valence-electron chi connectivity index (χ0n) is 12.2. The van der Waals surface area contributed by atoms with E-state index in [1.807, 2.05) is 30.3 Å². The van der Waals surface area contributed by atoms with E-state index in [1.54, 1.807) is 6.92 Å². The first-order valence-electron chi connectivity index (χ1n) is 6.66. The van der Waals surface area contributed by atoms with Crippen LogP contribution in [0.4, 0.5) is 5.69 Å². The van der Waals surface area contributed by atoms with Crippen LogP contribution in [0.5, 0.6) is 0 Å². The molecule has 0 saturated heterocycles. The fraction of sp³-hybridized carbons (Fsp3) is 0.333. The van der Waals surface area contributed by atoms with Crippen LogP contribution in [0, 0.1) is 6.92 Å². The van der Waals surface area contributed by atoms with Crippen LogP contribution in [-0.2, 0) is 22.6 Å². The lowest BCUT2D eigenvalue weighted by Gasteiger charge is -2.07. The number of methoxy groups -OCH3 is 1. The van der Waals surface area contributed by atoms with Gasteiger partial charge in [0.1, 0.15) is 0 Å². The van der Waals surface area contributed by atoms with Crippen molar-refractivity contribution in [2.75, 3.05) is 19.5 Å². The van der Waals surface area contributed by atoms with Gasteiger partial charge in [-0.1, -0.05) is 30.3 Å². The number of hydrogen-bond donors (Lipinski definition) is 1. The summed E-state index contributed by atoms with van der Waals surface area (Å²) in [4.78, 5) is 11.7. The van der Waals surface area contributed by atoms with Gasteiger partial charge >= 0.3 is 5.97 Å². The first kappa shape index (κ1) is 15.1. The molecule has 0 spiro atoms. The molecule has 2 N–H and O–H groups in total. The van der Waals surface area contributed by atoms with Crippen LogP contribution in [0.1, 0.15) is 21.7 Å². The number of hydrogen-bond acceptors (Lipinski definition) is 5. The van der Waals surface area contributed by atoms with Crippen molar-refractivity contribution in [3.63, 3.8) is 0 Å². The molecule has 2 aromatic rings. The van der Waals surface area contributed by atoms with Gasteiger partial charge in [0.15, 0.2) is 5.69 Å². The van der Waals surface area contributed by atoms with Crippen molar-refractivity contribution < 1.29 is 14.3 Å². The summed E-state index contributed by atoms with van der Waals surface area (Å²) in [6.07, 6.45) is 0. The molecule has 0 aliphatic carbocycles. The summed E-state index contributed by atoms with van der Waals surface area (Å²) in [5, 5.41) is 4.23. The Bertz CT molecular complexity index is 608. The molecule has 0 fully saturated rings. The number of anilines is 1. The highest BCUT2D eigenvalue weighted by atomic mass is 16.5. The Morgan fingerprint density at radius 2 is 2.05 bits per heavy atom. The number of nitrogens with two attached hydrogens (primary N) is 1. The third-order valence-electron chi connectivity index (χ3n) is 3.11. The Morgan fingerprint density at radius 3 is 2.71 bits per heavy atom. The van der Waals surface area contributed by atoms with Crippen molar-refractivity contribution >= 4 is 11.7 Å². The van der Waals surface area contributed by atoms with Crippen molar-refractivity contribution in [3.8, 4) is 0 Å². The third-order valence-corrected chi connectivity index (χ3v) is 3.11. The minimum Gasteiger partial charge on any atom is -0.464 e. The molecule has 21 heavy (non-hydrogen) atoms. The fourth-order valence-corrected chi connectivity index (χ4v) is 1.98. The molecule has 0 amide bonds. The molecule has 0 saturated carbocycles. The Morgan fingerprint density at radius 1 is 1.33 bits per heavy atom. The summed E-state index contributed by atoms with van der Waals surface area (Å²) in [5.74, 6) is -0.490. The first-order chi connectivity index (χ1) is 10.1. The van der Waals surface area contributed by atoms with Gasteiger partial charge < -0.3 is 15.2 Å². The van der Waals surface area contributed by atoms with Crippen LogP contribution in [0.2, 0.25) is 0 Å². The van der Waals surface area contributed by atoms with Crippen molar-refractivity contribution in [1.29, 1.82) is 0 Å². The number of ether oxygens (including phenoxy) is 2. The average Bonchev–Trinajstić information content (AvgIpc) is 2.79. The molecular formula is C15H19N3O3. The van der Waals surface area contributed by atoms with Gasteiger partial charge in [-0.25, -0.2) is 4.79 Å². The fourth-order valence-electron chi connectivity index (χ4n) is 1.98. The van der Waals surface area contributed by atoms with Crippen LogP contribution in [0.15, 0.2) is 30.3 Å². The zero-order valence-corrected chi connectivity index (χ0v) is 12.2. The second-order valence-corrected chi connectivity index (χ2v) is 4.60. The number of rotatable bonds is 6. The predicted molar refractivity (Wildman–Crippen MR) is 78.8 cm³/mol. The highest BCUT2D eigenvalue weighted by molar-refractivity contribution is 5.93. The van der Waals surface area contributed by atoms with Crippen LogP contribution >= 0.6 is 0 Å². The Kier molecular flexibility index (Phi) is 4.94. The number of esters is 1. The number of aromatic nitrogens is 2. The molecule has 6 heteroatoms. The van der Waals surface area contributed by atoms with E-state index in [0.717, 1.165) is 5.56 Å². The molecular weight excluding hydrogens is 270 g/mol. The highest BCUT2D eigenvalue weighted by Crippen LogP contribution is 2.17. The van der Waals surface area contributed by atoms with E-state index in [-0.39, 0.29) is 5.69 Å². The van der Waals surface area contributed by atoms with E-state index < -0.39 is 5.97 Å². The lowest BCUT2D eigenvalue weighted by atomic mass is 10.2. The van der Waals surface area contributed by atoms with Gasteiger partial charge in [0.2, 0.25) is 0 Å². The maximum absolute atomic E-state index is 11.7. The maximum Gasteiger partial charge on any atom is 0.358 e. The van der Waals surface area contributed by atoms with Crippen molar-refractivity contribution in [2.24, 2.45) is 0 Å². The number of nitrogen functional groups attached to an aromatic ring is 1. The van der Waals surface area contributed by atoms with E-state index >= 15 is 0 Å². The van der Waals surface area contributed by atoms with Crippen LogP contribution in [0.3, 0.4) is 0 Å². The summed E-state index contributed by atoms with van der Waals surface area (Å²) in [6.45, 7) is 3.14. The molecule has 1 aromatic carbocycles. The number of carbonyl (C=O) groups excluding carboxylic acids is 1. The molecule has 2 rings (SSSR count). The van der Waals surface area contributed by atoms with E-state index in [4.69, 9.17) is 15.2 Å². The topological polar surface area (TPSA) is 79.4 Å². The predicted octanol–water partition coefficient (Wildman–Crippen LogP) is 1.78. The summed E-state index contributed by atoms with van der Waals surface area (Å²) < 4.78 is 11.8. The zero-order chi connectivity index (χ0) is 15.2. The molecule has 0 aliphatic heterocycles. The van der Waals surface area contributed by atoms with Crippen LogP contribution in [0.25, 0.3) is 0 Å². The Balaban J connectivity index is 1.94. The quantitative estimate of drug-likeness (QED) is 0.647. The molecule has 0 bridgehead atoms. The van der Waals surface area contributed by atoms with Gasteiger partial charge in [0.05, 0.1) is 38.2 Å². The highest BCUT2D eigenvalue weighted by Gasteiger charge is 2.20. The largest absolute Gasteiger partial charge is 0.464 e. The van der Waals surface area contributed by atoms with Crippen molar-refractivity contribution in [1.82, 2.24) is 9.78 Å². The van der Waals surface area contributed by atoms with E-state index in [1.165, 1.54) is 11.8 Å². The van der Waals surface area contributed by atoms with Gasteiger partial charge in [-0.2, -0.15) is 5.10 Å².